The van der Waals surface area contributed by atoms with Crippen molar-refractivity contribution in [1.82, 2.24) is 10.4 Å². The number of nitrogens with one attached hydrogen (secondary N) is 2. The first kappa shape index (κ1) is 19.0. The maximum Gasteiger partial charge on any atom is 0.288 e. The molecule has 0 radical (unpaired) electrons. The summed E-state index contributed by atoms with van der Waals surface area (Å²) in [7, 11) is 0. The Morgan fingerprint density at radius 3 is 2.69 bits per heavy atom. The molecule has 4 aromatic rings. The fraction of sp³-hybridized carbons (Fsp3) is 0.0833. The first-order valence-corrected chi connectivity index (χ1v) is 9.85. The summed E-state index contributed by atoms with van der Waals surface area (Å²) in [5.41, 5.74) is 8.91. The van der Waals surface area contributed by atoms with Gasteiger partial charge in [-0.2, -0.15) is 5.10 Å². The van der Waals surface area contributed by atoms with E-state index in [1.54, 1.807) is 6.21 Å². The zero-order chi connectivity index (χ0) is 20.2. The minimum atomic E-state index is -0.289. The number of H-pyrrole nitrogens is 1. The molecule has 29 heavy (non-hydrogen) atoms. The van der Waals surface area contributed by atoms with Gasteiger partial charge in [0.15, 0.2) is 0 Å². The number of hydrogen-bond acceptors (Lipinski definition) is 2. The standard InChI is InChI=1S/C24H20ClN3O/c1-16-10-11-21-20(12-16)22(19-8-3-2-4-9-19)23(27-21)24(29)28-26-15-18-7-5-6-17(13-18)14-25/h2-13,15,27H,14H2,1H3,(H,28,29). The molecule has 5 heteroatoms. The third kappa shape index (κ3) is 4.08. The molecular formula is C24H20ClN3O. The second kappa shape index (κ2) is 8.33. The lowest BCUT2D eigenvalue weighted by atomic mass is 10.0. The number of halogens is 1. The number of fused-ring (bicyclic) bond motifs is 1. The summed E-state index contributed by atoms with van der Waals surface area (Å²) in [4.78, 5) is 16.2. The largest absolute Gasteiger partial charge is 0.350 e. The number of hydrazone groups is 1. The van der Waals surface area contributed by atoms with Crippen molar-refractivity contribution in [2.24, 2.45) is 5.10 Å². The number of aryl methyl sites for hydroxylation is 1. The predicted octanol–water partition coefficient (Wildman–Crippen LogP) is 5.65. The number of aromatic amines is 1. The first-order chi connectivity index (χ1) is 14.2. The molecule has 144 valence electrons. The number of nitrogens with zero attached hydrogens (tertiary/aromatic N) is 1. The van der Waals surface area contributed by atoms with Crippen LogP contribution in [0.15, 0.2) is 77.9 Å². The van der Waals surface area contributed by atoms with Gasteiger partial charge in [-0.15, -0.1) is 11.6 Å². The molecule has 0 unspecified atom stereocenters. The highest BCUT2D eigenvalue weighted by Crippen LogP contribution is 2.33. The number of carbonyl (C=O) groups is 1. The Hall–Kier alpha value is -3.37. The monoisotopic (exact) mass is 401 g/mol. The van der Waals surface area contributed by atoms with Crippen LogP contribution in [-0.2, 0) is 5.88 Å². The van der Waals surface area contributed by atoms with Crippen LogP contribution in [0.5, 0.6) is 0 Å². The van der Waals surface area contributed by atoms with Crippen molar-refractivity contribution in [3.8, 4) is 11.1 Å². The number of amides is 1. The van der Waals surface area contributed by atoms with Gasteiger partial charge in [0, 0.05) is 22.3 Å². The van der Waals surface area contributed by atoms with Gasteiger partial charge < -0.3 is 4.98 Å². The van der Waals surface area contributed by atoms with Crippen LogP contribution in [0.25, 0.3) is 22.0 Å². The van der Waals surface area contributed by atoms with E-state index in [4.69, 9.17) is 11.6 Å². The van der Waals surface area contributed by atoms with Gasteiger partial charge in [-0.05, 0) is 41.8 Å². The lowest BCUT2D eigenvalue weighted by Gasteiger charge is -2.05. The second-order valence-electron chi connectivity index (χ2n) is 6.87. The van der Waals surface area contributed by atoms with Gasteiger partial charge >= 0.3 is 0 Å². The lowest BCUT2D eigenvalue weighted by Crippen LogP contribution is -2.18. The summed E-state index contributed by atoms with van der Waals surface area (Å²) in [5.74, 6) is 0.144. The van der Waals surface area contributed by atoms with E-state index in [-0.39, 0.29) is 5.91 Å². The molecule has 1 heterocycles. The summed E-state index contributed by atoms with van der Waals surface area (Å²) in [6.07, 6.45) is 1.61. The van der Waals surface area contributed by atoms with E-state index in [1.165, 1.54) is 0 Å². The van der Waals surface area contributed by atoms with Crippen molar-refractivity contribution in [3.05, 3.63) is 95.2 Å². The molecular weight excluding hydrogens is 382 g/mol. The lowest BCUT2D eigenvalue weighted by molar-refractivity contribution is 0.0951. The normalized spacial score (nSPS) is 11.2. The van der Waals surface area contributed by atoms with Crippen LogP contribution < -0.4 is 5.43 Å². The third-order valence-electron chi connectivity index (χ3n) is 4.73. The topological polar surface area (TPSA) is 57.2 Å². The number of rotatable bonds is 5. The molecule has 0 aliphatic rings. The molecule has 2 N–H and O–H groups in total. The van der Waals surface area contributed by atoms with Gasteiger partial charge in [0.2, 0.25) is 0 Å². The molecule has 1 aromatic heterocycles. The van der Waals surface area contributed by atoms with Crippen molar-refractivity contribution in [3.63, 3.8) is 0 Å². The maximum atomic E-state index is 12.9. The third-order valence-corrected chi connectivity index (χ3v) is 5.04. The molecule has 4 rings (SSSR count). The Morgan fingerprint density at radius 2 is 1.90 bits per heavy atom. The van der Waals surface area contributed by atoms with Crippen LogP contribution in [0, 0.1) is 6.92 Å². The quantitative estimate of drug-likeness (QED) is 0.253. The first-order valence-electron chi connectivity index (χ1n) is 9.32. The second-order valence-corrected chi connectivity index (χ2v) is 7.14. The van der Waals surface area contributed by atoms with Crippen LogP contribution in [0.2, 0.25) is 0 Å². The highest BCUT2D eigenvalue weighted by molar-refractivity contribution is 6.17. The van der Waals surface area contributed by atoms with Crippen molar-refractivity contribution < 1.29 is 4.79 Å². The van der Waals surface area contributed by atoms with E-state index in [9.17, 15) is 4.79 Å². The molecule has 1 amide bonds. The van der Waals surface area contributed by atoms with E-state index >= 15 is 0 Å². The smallest absolute Gasteiger partial charge is 0.288 e. The van der Waals surface area contributed by atoms with Gasteiger partial charge in [0.05, 0.1) is 6.21 Å². The van der Waals surface area contributed by atoms with Crippen molar-refractivity contribution in [2.45, 2.75) is 12.8 Å². The predicted molar refractivity (Wildman–Crippen MR) is 120 cm³/mol. The van der Waals surface area contributed by atoms with E-state index < -0.39 is 0 Å². The Balaban J connectivity index is 1.67. The molecule has 0 bridgehead atoms. The van der Waals surface area contributed by atoms with Gasteiger partial charge in [-0.1, -0.05) is 60.2 Å². The number of aromatic nitrogens is 1. The number of carbonyl (C=O) groups excluding carboxylic acids is 1. The van der Waals surface area contributed by atoms with Gasteiger partial charge in [-0.25, -0.2) is 5.43 Å². The molecule has 0 spiro atoms. The average molecular weight is 402 g/mol. The molecule has 3 aromatic carbocycles. The zero-order valence-corrected chi connectivity index (χ0v) is 16.7. The number of hydrogen-bond donors (Lipinski definition) is 2. The average Bonchev–Trinajstić information content (AvgIpc) is 3.13. The fourth-order valence-electron chi connectivity index (χ4n) is 3.36. The number of alkyl halides is 1. The number of benzene rings is 3. The summed E-state index contributed by atoms with van der Waals surface area (Å²) < 4.78 is 0. The summed E-state index contributed by atoms with van der Waals surface area (Å²) in [6, 6.07) is 23.7. The van der Waals surface area contributed by atoms with Gasteiger partial charge in [0.25, 0.3) is 5.91 Å². The van der Waals surface area contributed by atoms with Crippen molar-refractivity contribution in [1.29, 1.82) is 0 Å². The minimum absolute atomic E-state index is 0.289. The van der Waals surface area contributed by atoms with Crippen LogP contribution in [0.1, 0.15) is 27.2 Å². The van der Waals surface area contributed by atoms with E-state index in [0.717, 1.165) is 38.7 Å². The van der Waals surface area contributed by atoms with Crippen LogP contribution in [0.4, 0.5) is 0 Å². The zero-order valence-electron chi connectivity index (χ0n) is 15.9. The van der Waals surface area contributed by atoms with Crippen LogP contribution in [-0.4, -0.2) is 17.1 Å². The Morgan fingerprint density at radius 1 is 1.07 bits per heavy atom. The Labute approximate surface area is 174 Å². The molecule has 0 saturated carbocycles. The fourth-order valence-corrected chi connectivity index (χ4v) is 3.52. The molecule has 4 nitrogen and oxygen atoms in total. The van der Waals surface area contributed by atoms with Crippen LogP contribution >= 0.6 is 11.6 Å². The molecule has 0 atom stereocenters. The van der Waals surface area contributed by atoms with Crippen molar-refractivity contribution >= 4 is 34.6 Å². The SMILES string of the molecule is Cc1ccc2[nH]c(C(=O)NN=Cc3cccc(CCl)c3)c(-c3ccccc3)c2c1. The molecule has 0 aliphatic heterocycles. The summed E-state index contributed by atoms with van der Waals surface area (Å²) >= 11 is 5.87. The van der Waals surface area contributed by atoms with E-state index in [2.05, 4.69) is 21.6 Å². The summed E-state index contributed by atoms with van der Waals surface area (Å²) in [6.45, 7) is 2.04. The Kier molecular flexibility index (Phi) is 5.45. The van der Waals surface area contributed by atoms with E-state index in [0.29, 0.717) is 11.6 Å². The van der Waals surface area contributed by atoms with Gasteiger partial charge in [-0.3, -0.25) is 4.79 Å². The highest BCUT2D eigenvalue weighted by atomic mass is 35.5. The molecule has 0 aliphatic carbocycles. The molecule has 0 saturated heterocycles. The minimum Gasteiger partial charge on any atom is -0.350 e. The summed E-state index contributed by atoms with van der Waals surface area (Å²) in [5, 5.41) is 5.14. The van der Waals surface area contributed by atoms with E-state index in [1.807, 2.05) is 73.7 Å². The van der Waals surface area contributed by atoms with Crippen LogP contribution in [0.3, 0.4) is 0 Å². The highest BCUT2D eigenvalue weighted by Gasteiger charge is 2.19. The van der Waals surface area contributed by atoms with Gasteiger partial charge in [0.1, 0.15) is 5.69 Å². The maximum absolute atomic E-state index is 12.9. The Bertz CT molecular complexity index is 1200. The van der Waals surface area contributed by atoms with Crippen molar-refractivity contribution in [2.75, 3.05) is 0 Å². The molecule has 0 fully saturated rings.